The fraction of sp³-hybridized carbons (Fsp3) is 0.522. The number of thiazole rings is 1. The number of ether oxygens (including phenoxy) is 1. The van der Waals surface area contributed by atoms with Gasteiger partial charge in [-0.1, -0.05) is 31.2 Å². The van der Waals surface area contributed by atoms with Crippen LogP contribution < -0.4 is 4.90 Å². The zero-order valence-corrected chi connectivity index (χ0v) is 19.5. The number of methoxy groups -OCH3 is 1. The summed E-state index contributed by atoms with van der Waals surface area (Å²) in [7, 11) is 1.75. The summed E-state index contributed by atoms with van der Waals surface area (Å²) in [6.45, 7) is 9.86. The highest BCUT2D eigenvalue weighted by Crippen LogP contribution is 2.27. The van der Waals surface area contributed by atoms with Crippen molar-refractivity contribution < 1.29 is 4.74 Å². The lowest BCUT2D eigenvalue weighted by Gasteiger charge is -2.37. The molecule has 0 saturated carbocycles. The number of benzene rings is 1. The van der Waals surface area contributed by atoms with Gasteiger partial charge in [-0.2, -0.15) is 0 Å². The van der Waals surface area contributed by atoms with E-state index in [1.807, 2.05) is 6.20 Å². The fourth-order valence-corrected chi connectivity index (χ4v) is 4.84. The van der Waals surface area contributed by atoms with Crippen LogP contribution in [0.1, 0.15) is 36.9 Å². The summed E-state index contributed by atoms with van der Waals surface area (Å²) in [5, 5.41) is 12.5. The van der Waals surface area contributed by atoms with Crippen LogP contribution in [0.4, 0.5) is 5.95 Å². The second kappa shape index (κ2) is 10.3. The number of anilines is 1. The lowest BCUT2D eigenvalue weighted by Crippen LogP contribution is -2.48. The summed E-state index contributed by atoms with van der Waals surface area (Å²) < 4.78 is 7.56. The van der Waals surface area contributed by atoms with Crippen LogP contribution in [0.2, 0.25) is 0 Å². The molecule has 0 radical (unpaired) electrons. The van der Waals surface area contributed by atoms with E-state index in [2.05, 4.69) is 73.0 Å². The molecule has 3 heterocycles. The van der Waals surface area contributed by atoms with Crippen LogP contribution in [-0.2, 0) is 17.7 Å². The lowest BCUT2D eigenvalue weighted by atomic mass is 10.1. The molecule has 4 rings (SSSR count). The summed E-state index contributed by atoms with van der Waals surface area (Å²) >= 11 is 1.73. The highest BCUT2D eigenvalue weighted by atomic mass is 32.1. The first-order chi connectivity index (χ1) is 15.2. The molecule has 0 unspecified atom stereocenters. The van der Waals surface area contributed by atoms with Crippen molar-refractivity contribution in [3.8, 4) is 11.4 Å². The van der Waals surface area contributed by atoms with Gasteiger partial charge >= 0.3 is 0 Å². The summed E-state index contributed by atoms with van der Waals surface area (Å²) in [5.74, 6) is 1.90. The topological polar surface area (TPSA) is 59.3 Å². The van der Waals surface area contributed by atoms with Crippen molar-refractivity contribution in [2.24, 2.45) is 0 Å². The molecule has 1 saturated heterocycles. The van der Waals surface area contributed by atoms with Gasteiger partial charge in [0.15, 0.2) is 5.82 Å². The van der Waals surface area contributed by atoms with Gasteiger partial charge in [-0.3, -0.25) is 9.47 Å². The van der Waals surface area contributed by atoms with Gasteiger partial charge < -0.3 is 9.64 Å². The standard InChI is InChI=1S/C23H32N6OS/c1-4-19-6-8-20(9-7-19)21-25-26-23(29(21)11-5-16-30-3)28-14-12-27(13-15-28)18(2)22-24-10-17-31-22/h6-10,17-18H,4-5,11-16H2,1-3H3/t18-/m1/s1. The molecule has 0 bridgehead atoms. The third kappa shape index (κ3) is 4.97. The second-order valence-corrected chi connectivity index (χ2v) is 8.87. The Morgan fingerprint density at radius 3 is 2.52 bits per heavy atom. The van der Waals surface area contributed by atoms with Crippen molar-refractivity contribution in [3.05, 3.63) is 46.4 Å². The quantitative estimate of drug-likeness (QED) is 0.471. The van der Waals surface area contributed by atoms with Crippen molar-refractivity contribution >= 4 is 17.3 Å². The Kier molecular flexibility index (Phi) is 7.32. The number of aryl methyl sites for hydroxylation is 1. The molecule has 0 amide bonds. The van der Waals surface area contributed by atoms with Gasteiger partial charge in [0.05, 0.1) is 6.04 Å². The van der Waals surface area contributed by atoms with Crippen LogP contribution in [0.3, 0.4) is 0 Å². The minimum atomic E-state index is 0.356. The molecule has 7 nitrogen and oxygen atoms in total. The molecule has 0 aliphatic carbocycles. The van der Waals surface area contributed by atoms with Crippen LogP contribution in [0.25, 0.3) is 11.4 Å². The smallest absolute Gasteiger partial charge is 0.227 e. The molecule has 8 heteroatoms. The number of hydrogen-bond donors (Lipinski definition) is 0. The van der Waals surface area contributed by atoms with Crippen LogP contribution in [-0.4, -0.2) is 64.5 Å². The fourth-order valence-electron chi connectivity index (χ4n) is 4.11. The Balaban J connectivity index is 1.51. The van der Waals surface area contributed by atoms with Gasteiger partial charge in [0, 0.05) is 63.6 Å². The van der Waals surface area contributed by atoms with Gasteiger partial charge in [0.25, 0.3) is 0 Å². The molecule has 3 aromatic rings. The summed E-state index contributed by atoms with van der Waals surface area (Å²) in [5.41, 5.74) is 2.45. The maximum Gasteiger partial charge on any atom is 0.227 e. The molecule has 1 fully saturated rings. The average Bonchev–Trinajstić information content (AvgIpc) is 3.50. The zero-order valence-electron chi connectivity index (χ0n) is 18.7. The van der Waals surface area contributed by atoms with Crippen LogP contribution in [0.15, 0.2) is 35.8 Å². The molecule has 0 N–H and O–H groups in total. The van der Waals surface area contributed by atoms with Crippen molar-refractivity contribution in [1.29, 1.82) is 0 Å². The molecule has 2 aromatic heterocycles. The molecule has 166 valence electrons. The maximum atomic E-state index is 5.30. The van der Waals surface area contributed by atoms with Crippen molar-refractivity contribution in [1.82, 2.24) is 24.6 Å². The number of nitrogens with zero attached hydrogens (tertiary/aromatic N) is 6. The molecule has 31 heavy (non-hydrogen) atoms. The minimum absolute atomic E-state index is 0.356. The normalized spacial score (nSPS) is 16.0. The molecular weight excluding hydrogens is 408 g/mol. The summed E-state index contributed by atoms with van der Waals surface area (Å²) in [6, 6.07) is 9.04. The predicted molar refractivity (Wildman–Crippen MR) is 126 cm³/mol. The molecule has 1 aromatic carbocycles. The average molecular weight is 441 g/mol. The molecule has 1 atom stereocenters. The Bertz CT molecular complexity index is 932. The minimum Gasteiger partial charge on any atom is -0.385 e. The Morgan fingerprint density at radius 2 is 1.87 bits per heavy atom. The number of rotatable bonds is 9. The molecule has 0 spiro atoms. The summed E-state index contributed by atoms with van der Waals surface area (Å²) in [6.07, 6.45) is 3.86. The van der Waals surface area contributed by atoms with E-state index in [-0.39, 0.29) is 0 Å². The first-order valence-electron chi connectivity index (χ1n) is 11.1. The zero-order chi connectivity index (χ0) is 21.6. The number of aromatic nitrogens is 4. The van der Waals surface area contributed by atoms with E-state index in [0.29, 0.717) is 6.04 Å². The van der Waals surface area contributed by atoms with Crippen LogP contribution in [0.5, 0.6) is 0 Å². The van der Waals surface area contributed by atoms with Crippen molar-refractivity contribution in [3.63, 3.8) is 0 Å². The summed E-state index contributed by atoms with van der Waals surface area (Å²) in [4.78, 5) is 9.37. The van der Waals surface area contributed by atoms with E-state index in [1.165, 1.54) is 10.6 Å². The first kappa shape index (κ1) is 21.9. The molecule has 1 aliphatic heterocycles. The van der Waals surface area contributed by atoms with E-state index in [9.17, 15) is 0 Å². The third-order valence-electron chi connectivity index (χ3n) is 6.04. The first-order valence-corrected chi connectivity index (χ1v) is 12.0. The predicted octanol–water partition coefficient (Wildman–Crippen LogP) is 3.88. The van der Waals surface area contributed by atoms with E-state index >= 15 is 0 Å². The number of hydrogen-bond acceptors (Lipinski definition) is 7. The Labute approximate surface area is 188 Å². The van der Waals surface area contributed by atoms with Gasteiger partial charge in [0.2, 0.25) is 5.95 Å². The highest BCUT2D eigenvalue weighted by molar-refractivity contribution is 7.09. The Morgan fingerprint density at radius 1 is 1.10 bits per heavy atom. The van der Waals surface area contributed by atoms with Crippen molar-refractivity contribution in [2.45, 2.75) is 39.3 Å². The maximum absolute atomic E-state index is 5.30. The van der Waals surface area contributed by atoms with Gasteiger partial charge in [-0.15, -0.1) is 21.5 Å². The Hall–Kier alpha value is -2.29. The van der Waals surface area contributed by atoms with Gasteiger partial charge in [0.1, 0.15) is 5.01 Å². The van der Waals surface area contributed by atoms with Gasteiger partial charge in [-0.05, 0) is 25.3 Å². The van der Waals surface area contributed by atoms with Crippen LogP contribution in [0, 0.1) is 0 Å². The molecular formula is C23H32N6OS. The van der Waals surface area contributed by atoms with Gasteiger partial charge in [-0.25, -0.2) is 4.98 Å². The van der Waals surface area contributed by atoms with E-state index in [4.69, 9.17) is 4.74 Å². The monoisotopic (exact) mass is 440 g/mol. The number of piperazine rings is 1. The van der Waals surface area contributed by atoms with E-state index < -0.39 is 0 Å². The van der Waals surface area contributed by atoms with E-state index in [0.717, 1.165) is 69.5 Å². The highest BCUT2D eigenvalue weighted by Gasteiger charge is 2.27. The SMILES string of the molecule is CCc1ccc(-c2nnc(N3CCN([C@H](C)c4nccs4)CC3)n2CCCOC)cc1. The molecule has 1 aliphatic rings. The second-order valence-electron chi connectivity index (χ2n) is 7.94. The lowest BCUT2D eigenvalue weighted by molar-refractivity contribution is 0.189. The third-order valence-corrected chi connectivity index (χ3v) is 6.98. The van der Waals surface area contributed by atoms with Crippen molar-refractivity contribution in [2.75, 3.05) is 44.8 Å². The van der Waals surface area contributed by atoms with E-state index in [1.54, 1.807) is 18.4 Å². The largest absolute Gasteiger partial charge is 0.385 e. The van der Waals surface area contributed by atoms with Crippen LogP contribution >= 0.6 is 11.3 Å².